The van der Waals surface area contributed by atoms with E-state index in [1.165, 1.54) is 10.9 Å². The van der Waals surface area contributed by atoms with Crippen LogP contribution in [0.4, 0.5) is 5.69 Å². The van der Waals surface area contributed by atoms with Gasteiger partial charge in [0.25, 0.3) is 11.1 Å². The first kappa shape index (κ1) is 19.3. The van der Waals surface area contributed by atoms with Crippen LogP contribution in [0, 0.1) is 0 Å². The molecule has 0 aliphatic carbocycles. The molecular formula is C21H26N6O2. The minimum absolute atomic E-state index is 0.000537. The molecule has 0 saturated carbocycles. The Morgan fingerprint density at radius 2 is 1.79 bits per heavy atom. The highest BCUT2D eigenvalue weighted by atomic mass is 16.1. The molecule has 8 nitrogen and oxygen atoms in total. The lowest BCUT2D eigenvalue weighted by Gasteiger charge is -2.36. The van der Waals surface area contributed by atoms with Gasteiger partial charge in [-0.1, -0.05) is 0 Å². The lowest BCUT2D eigenvalue weighted by atomic mass is 10.2. The fraction of sp³-hybridized carbons (Fsp3) is 0.429. The van der Waals surface area contributed by atoms with Crippen molar-refractivity contribution >= 4 is 16.6 Å². The van der Waals surface area contributed by atoms with Crippen LogP contribution in [0.3, 0.4) is 0 Å². The first-order chi connectivity index (χ1) is 13.9. The number of piperazine rings is 1. The normalized spacial score (nSPS) is 15.4. The standard InChI is InChI=1S/C21H26N6O2/c1-15(2)27-14-23-19-10-17(4-5-18(19)21(27)29)26-8-6-25(7-9-26)12-16-11-22-13-24(3)20(16)28/h4-5,10-11,13-15H,6-9,12H2,1-3H3. The molecule has 0 bridgehead atoms. The molecule has 29 heavy (non-hydrogen) atoms. The van der Waals surface area contributed by atoms with Crippen molar-refractivity contribution in [1.82, 2.24) is 24.0 Å². The van der Waals surface area contributed by atoms with Crippen molar-refractivity contribution < 1.29 is 0 Å². The summed E-state index contributed by atoms with van der Waals surface area (Å²) in [6.45, 7) is 8.00. The van der Waals surface area contributed by atoms with Gasteiger partial charge in [0.05, 0.1) is 23.6 Å². The summed E-state index contributed by atoms with van der Waals surface area (Å²) in [6, 6.07) is 5.96. The maximum atomic E-state index is 12.6. The van der Waals surface area contributed by atoms with Crippen LogP contribution in [0.2, 0.25) is 0 Å². The first-order valence-electron chi connectivity index (χ1n) is 9.92. The number of rotatable bonds is 4. The van der Waals surface area contributed by atoms with Gasteiger partial charge in [-0.2, -0.15) is 0 Å². The molecule has 0 radical (unpaired) electrons. The molecule has 4 rings (SSSR count). The molecule has 152 valence electrons. The maximum absolute atomic E-state index is 12.6. The lowest BCUT2D eigenvalue weighted by molar-refractivity contribution is 0.248. The highest BCUT2D eigenvalue weighted by molar-refractivity contribution is 5.81. The molecular weight excluding hydrogens is 368 g/mol. The zero-order chi connectivity index (χ0) is 20.5. The Labute approximate surface area is 169 Å². The topological polar surface area (TPSA) is 76.3 Å². The lowest BCUT2D eigenvalue weighted by Crippen LogP contribution is -2.46. The summed E-state index contributed by atoms with van der Waals surface area (Å²) >= 11 is 0. The smallest absolute Gasteiger partial charge is 0.261 e. The third kappa shape index (κ3) is 3.80. The van der Waals surface area contributed by atoms with Crippen molar-refractivity contribution in [2.24, 2.45) is 7.05 Å². The van der Waals surface area contributed by atoms with Crippen LogP contribution in [0.1, 0.15) is 25.5 Å². The molecule has 0 unspecified atom stereocenters. The van der Waals surface area contributed by atoms with Gasteiger partial charge in [0, 0.05) is 63.3 Å². The third-order valence-electron chi connectivity index (χ3n) is 5.52. The summed E-state index contributed by atoms with van der Waals surface area (Å²) in [5.74, 6) is 0. The van der Waals surface area contributed by atoms with E-state index in [2.05, 4.69) is 19.8 Å². The number of nitrogens with zero attached hydrogens (tertiary/aromatic N) is 6. The molecule has 1 aromatic carbocycles. The van der Waals surface area contributed by atoms with E-state index in [9.17, 15) is 9.59 Å². The Hall–Kier alpha value is -3.00. The number of hydrogen-bond acceptors (Lipinski definition) is 6. The van der Waals surface area contributed by atoms with Crippen LogP contribution in [0.5, 0.6) is 0 Å². The van der Waals surface area contributed by atoms with Gasteiger partial charge < -0.3 is 9.47 Å². The van der Waals surface area contributed by atoms with E-state index in [1.54, 1.807) is 24.1 Å². The summed E-state index contributed by atoms with van der Waals surface area (Å²) < 4.78 is 3.17. The summed E-state index contributed by atoms with van der Waals surface area (Å²) in [4.78, 5) is 38.0. The van der Waals surface area contributed by atoms with Crippen molar-refractivity contribution in [3.05, 3.63) is 63.3 Å². The van der Waals surface area contributed by atoms with Crippen molar-refractivity contribution in [3.8, 4) is 0 Å². The van der Waals surface area contributed by atoms with Gasteiger partial charge in [-0.3, -0.25) is 19.1 Å². The average Bonchev–Trinajstić information content (AvgIpc) is 2.72. The number of hydrogen-bond donors (Lipinski definition) is 0. The quantitative estimate of drug-likeness (QED) is 0.666. The molecule has 1 aliphatic rings. The molecule has 3 aromatic rings. The summed E-state index contributed by atoms with van der Waals surface area (Å²) in [7, 11) is 1.72. The SMILES string of the molecule is CC(C)n1cnc2cc(N3CCN(Cc4cncn(C)c4=O)CC3)ccc2c1=O. The summed E-state index contributed by atoms with van der Waals surface area (Å²) in [5, 5.41) is 0.649. The molecule has 0 atom stereocenters. The van der Waals surface area contributed by atoms with Gasteiger partial charge in [0.2, 0.25) is 0 Å². The van der Waals surface area contributed by atoms with Crippen LogP contribution in [-0.4, -0.2) is 50.2 Å². The van der Waals surface area contributed by atoms with E-state index >= 15 is 0 Å². The van der Waals surface area contributed by atoms with Crippen molar-refractivity contribution in [2.75, 3.05) is 31.1 Å². The number of aryl methyl sites for hydroxylation is 1. The Balaban J connectivity index is 1.47. The van der Waals surface area contributed by atoms with E-state index in [0.717, 1.165) is 42.9 Å². The monoisotopic (exact) mass is 394 g/mol. The average molecular weight is 394 g/mol. The molecule has 8 heteroatoms. The predicted octanol–water partition coefficient (Wildman–Crippen LogP) is 1.39. The zero-order valence-electron chi connectivity index (χ0n) is 17.1. The molecule has 0 N–H and O–H groups in total. The van der Waals surface area contributed by atoms with E-state index < -0.39 is 0 Å². The second kappa shape index (κ2) is 7.79. The molecule has 0 amide bonds. The van der Waals surface area contributed by atoms with Crippen LogP contribution < -0.4 is 16.0 Å². The highest BCUT2D eigenvalue weighted by Crippen LogP contribution is 2.21. The van der Waals surface area contributed by atoms with E-state index in [-0.39, 0.29) is 17.2 Å². The molecule has 3 heterocycles. The second-order valence-corrected chi connectivity index (χ2v) is 7.85. The number of aromatic nitrogens is 4. The van der Waals surface area contributed by atoms with Gasteiger partial charge in [-0.25, -0.2) is 9.97 Å². The molecule has 1 aliphatic heterocycles. The van der Waals surface area contributed by atoms with Gasteiger partial charge >= 0.3 is 0 Å². The van der Waals surface area contributed by atoms with Crippen molar-refractivity contribution in [2.45, 2.75) is 26.4 Å². The van der Waals surface area contributed by atoms with Crippen LogP contribution in [0.25, 0.3) is 10.9 Å². The maximum Gasteiger partial charge on any atom is 0.261 e. The summed E-state index contributed by atoms with van der Waals surface area (Å²) in [6.07, 6.45) is 4.83. The van der Waals surface area contributed by atoms with E-state index in [1.807, 2.05) is 32.0 Å². The molecule has 0 spiro atoms. The number of fused-ring (bicyclic) bond motifs is 1. The van der Waals surface area contributed by atoms with E-state index in [4.69, 9.17) is 0 Å². The Bertz CT molecular complexity index is 1140. The van der Waals surface area contributed by atoms with Gasteiger partial charge in [0.15, 0.2) is 0 Å². The minimum Gasteiger partial charge on any atom is -0.369 e. The van der Waals surface area contributed by atoms with E-state index in [0.29, 0.717) is 11.9 Å². The van der Waals surface area contributed by atoms with Gasteiger partial charge in [0.1, 0.15) is 0 Å². The summed E-state index contributed by atoms with van der Waals surface area (Å²) in [5.41, 5.74) is 2.53. The minimum atomic E-state index is -0.000537. The highest BCUT2D eigenvalue weighted by Gasteiger charge is 2.19. The van der Waals surface area contributed by atoms with Gasteiger partial charge in [-0.15, -0.1) is 0 Å². The predicted molar refractivity (Wildman–Crippen MR) is 113 cm³/mol. The van der Waals surface area contributed by atoms with Crippen molar-refractivity contribution in [1.29, 1.82) is 0 Å². The third-order valence-corrected chi connectivity index (χ3v) is 5.52. The van der Waals surface area contributed by atoms with Crippen LogP contribution in [0.15, 0.2) is 46.6 Å². The van der Waals surface area contributed by atoms with Crippen LogP contribution >= 0.6 is 0 Å². The zero-order valence-corrected chi connectivity index (χ0v) is 17.1. The van der Waals surface area contributed by atoms with Gasteiger partial charge in [-0.05, 0) is 32.0 Å². The van der Waals surface area contributed by atoms with Crippen LogP contribution in [-0.2, 0) is 13.6 Å². The first-order valence-corrected chi connectivity index (χ1v) is 9.92. The van der Waals surface area contributed by atoms with Crippen molar-refractivity contribution in [3.63, 3.8) is 0 Å². The fourth-order valence-corrected chi connectivity index (χ4v) is 3.76. The number of anilines is 1. The Morgan fingerprint density at radius 3 is 2.52 bits per heavy atom. The molecule has 1 fully saturated rings. The number of benzene rings is 1. The second-order valence-electron chi connectivity index (χ2n) is 7.85. The largest absolute Gasteiger partial charge is 0.369 e. The molecule has 1 saturated heterocycles. The molecule has 2 aromatic heterocycles. The Morgan fingerprint density at radius 1 is 1.03 bits per heavy atom. The fourth-order valence-electron chi connectivity index (χ4n) is 3.76. The Kier molecular flexibility index (Phi) is 5.19.